The number of carboxylic acid groups (broad SMARTS) is 1. The number of anilines is 1. The van der Waals surface area contributed by atoms with Crippen LogP contribution < -0.4 is 9.64 Å². The molecule has 5 heteroatoms. The van der Waals surface area contributed by atoms with Crippen molar-refractivity contribution < 1.29 is 14.6 Å². The first kappa shape index (κ1) is 13.4. The first-order valence-electron chi connectivity index (χ1n) is 6.82. The lowest BCUT2D eigenvalue weighted by atomic mass is 10.2. The number of hydrogen-bond acceptors (Lipinski definition) is 4. The third-order valence-corrected chi connectivity index (χ3v) is 3.58. The van der Waals surface area contributed by atoms with Crippen LogP contribution in [0.3, 0.4) is 0 Å². The van der Waals surface area contributed by atoms with Crippen molar-refractivity contribution in [2.45, 2.75) is 13.5 Å². The minimum Gasteiger partial charge on any atom is -0.491 e. The highest BCUT2D eigenvalue weighted by Gasteiger charge is 2.17. The van der Waals surface area contributed by atoms with Crippen molar-refractivity contribution in [1.29, 1.82) is 0 Å². The normalized spacial score (nSPS) is 14.0. The van der Waals surface area contributed by atoms with E-state index in [-0.39, 0.29) is 5.56 Å². The smallest absolute Gasteiger partial charge is 0.337 e. The molecule has 0 fully saturated rings. The van der Waals surface area contributed by atoms with Gasteiger partial charge in [-0.1, -0.05) is 18.2 Å². The van der Waals surface area contributed by atoms with Crippen molar-refractivity contribution in [3.63, 3.8) is 0 Å². The minimum atomic E-state index is -0.948. The number of para-hydroxylation sites is 1. The monoisotopic (exact) mass is 284 g/mol. The number of carbonyl (C=O) groups is 1. The van der Waals surface area contributed by atoms with E-state index >= 15 is 0 Å². The maximum Gasteiger partial charge on any atom is 0.337 e. The van der Waals surface area contributed by atoms with Gasteiger partial charge in [-0.3, -0.25) is 0 Å². The summed E-state index contributed by atoms with van der Waals surface area (Å²) in [5.41, 5.74) is 1.88. The summed E-state index contributed by atoms with van der Waals surface area (Å²) in [5, 5.41) is 9.07. The standard InChI is InChI=1S/C16H16N2O3/c1-11-13(16(19)20)6-7-15(17-11)18-8-9-21-14-5-3-2-4-12(14)10-18/h2-7H,8-10H2,1H3,(H,19,20). The number of aromatic carboxylic acids is 1. The average Bonchev–Trinajstić information content (AvgIpc) is 2.68. The summed E-state index contributed by atoms with van der Waals surface area (Å²) in [7, 11) is 0. The lowest BCUT2D eigenvalue weighted by molar-refractivity contribution is 0.0695. The first-order valence-corrected chi connectivity index (χ1v) is 6.82. The van der Waals surface area contributed by atoms with Crippen molar-refractivity contribution in [3.8, 4) is 5.75 Å². The topological polar surface area (TPSA) is 62.7 Å². The van der Waals surface area contributed by atoms with E-state index in [0.717, 1.165) is 17.1 Å². The van der Waals surface area contributed by atoms with Gasteiger partial charge in [0.25, 0.3) is 0 Å². The van der Waals surface area contributed by atoms with E-state index in [9.17, 15) is 4.79 Å². The molecule has 0 bridgehead atoms. The summed E-state index contributed by atoms with van der Waals surface area (Å²) >= 11 is 0. The van der Waals surface area contributed by atoms with Crippen molar-refractivity contribution in [1.82, 2.24) is 4.98 Å². The predicted octanol–water partition coefficient (Wildman–Crippen LogP) is 2.49. The zero-order valence-corrected chi connectivity index (χ0v) is 11.7. The van der Waals surface area contributed by atoms with Gasteiger partial charge in [0.1, 0.15) is 18.2 Å². The molecule has 2 heterocycles. The summed E-state index contributed by atoms with van der Waals surface area (Å²) in [4.78, 5) is 17.6. The molecule has 3 rings (SSSR count). The van der Waals surface area contributed by atoms with Gasteiger partial charge in [-0.25, -0.2) is 9.78 Å². The van der Waals surface area contributed by atoms with Crippen LogP contribution in [-0.4, -0.2) is 29.2 Å². The Morgan fingerprint density at radius 3 is 2.86 bits per heavy atom. The molecule has 0 spiro atoms. The third-order valence-electron chi connectivity index (χ3n) is 3.58. The Balaban J connectivity index is 1.91. The molecule has 0 aliphatic carbocycles. The third kappa shape index (κ3) is 2.67. The predicted molar refractivity (Wildman–Crippen MR) is 78.9 cm³/mol. The van der Waals surface area contributed by atoms with Gasteiger partial charge in [0, 0.05) is 12.1 Å². The van der Waals surface area contributed by atoms with Crippen LogP contribution in [0.2, 0.25) is 0 Å². The summed E-state index contributed by atoms with van der Waals surface area (Å²) in [6.07, 6.45) is 0. The molecule has 0 atom stereocenters. The van der Waals surface area contributed by atoms with Gasteiger partial charge in [-0.05, 0) is 25.1 Å². The van der Waals surface area contributed by atoms with E-state index in [1.807, 2.05) is 24.3 Å². The summed E-state index contributed by atoms with van der Waals surface area (Å²) in [5.74, 6) is 0.729. The Labute approximate surface area is 122 Å². The minimum absolute atomic E-state index is 0.241. The number of rotatable bonds is 2. The van der Waals surface area contributed by atoms with Crippen LogP contribution in [0.5, 0.6) is 5.75 Å². The molecule has 0 saturated heterocycles. The highest BCUT2D eigenvalue weighted by molar-refractivity contribution is 5.89. The Kier molecular flexibility index (Phi) is 3.48. The Hall–Kier alpha value is -2.56. The van der Waals surface area contributed by atoms with Crippen molar-refractivity contribution in [2.75, 3.05) is 18.1 Å². The number of carboxylic acids is 1. The zero-order chi connectivity index (χ0) is 14.8. The number of ether oxygens (including phenoxy) is 1. The fourth-order valence-electron chi connectivity index (χ4n) is 2.47. The molecule has 1 N–H and O–H groups in total. The molecule has 2 aromatic rings. The van der Waals surface area contributed by atoms with Crippen LogP contribution >= 0.6 is 0 Å². The van der Waals surface area contributed by atoms with Gasteiger partial charge >= 0.3 is 5.97 Å². The number of fused-ring (bicyclic) bond motifs is 1. The largest absolute Gasteiger partial charge is 0.491 e. The molecule has 108 valence electrons. The molecule has 0 unspecified atom stereocenters. The summed E-state index contributed by atoms with van der Waals surface area (Å²) in [6, 6.07) is 11.3. The van der Waals surface area contributed by atoms with E-state index in [1.165, 1.54) is 0 Å². The van der Waals surface area contributed by atoms with Crippen LogP contribution in [0.25, 0.3) is 0 Å². The highest BCUT2D eigenvalue weighted by atomic mass is 16.5. The van der Waals surface area contributed by atoms with Gasteiger partial charge in [0.2, 0.25) is 0 Å². The lowest BCUT2D eigenvalue weighted by Crippen LogP contribution is -2.26. The van der Waals surface area contributed by atoms with Gasteiger partial charge in [-0.15, -0.1) is 0 Å². The first-order chi connectivity index (χ1) is 10.1. The van der Waals surface area contributed by atoms with Crippen LogP contribution in [0.1, 0.15) is 21.6 Å². The number of aryl methyl sites for hydroxylation is 1. The second-order valence-corrected chi connectivity index (χ2v) is 4.99. The van der Waals surface area contributed by atoms with Crippen molar-refractivity contribution in [3.05, 3.63) is 53.2 Å². The number of pyridine rings is 1. The molecule has 5 nitrogen and oxygen atoms in total. The fourth-order valence-corrected chi connectivity index (χ4v) is 2.47. The van der Waals surface area contributed by atoms with E-state index in [0.29, 0.717) is 25.4 Å². The lowest BCUT2D eigenvalue weighted by Gasteiger charge is -2.21. The molecule has 0 amide bonds. The maximum atomic E-state index is 11.1. The summed E-state index contributed by atoms with van der Waals surface area (Å²) < 4.78 is 5.73. The zero-order valence-electron chi connectivity index (χ0n) is 11.7. The second-order valence-electron chi connectivity index (χ2n) is 4.99. The molecular formula is C16H16N2O3. The van der Waals surface area contributed by atoms with E-state index in [1.54, 1.807) is 19.1 Å². The van der Waals surface area contributed by atoms with Crippen molar-refractivity contribution >= 4 is 11.8 Å². The van der Waals surface area contributed by atoms with E-state index in [4.69, 9.17) is 9.84 Å². The fraction of sp³-hybridized carbons (Fsp3) is 0.250. The Morgan fingerprint density at radius 2 is 2.10 bits per heavy atom. The quantitative estimate of drug-likeness (QED) is 0.918. The molecule has 1 aliphatic rings. The van der Waals surface area contributed by atoms with Crippen molar-refractivity contribution in [2.24, 2.45) is 0 Å². The molecule has 1 aromatic heterocycles. The molecule has 0 radical (unpaired) electrons. The van der Waals surface area contributed by atoms with Crippen LogP contribution in [-0.2, 0) is 6.54 Å². The molecule has 1 aliphatic heterocycles. The molecule has 0 saturated carbocycles. The summed E-state index contributed by atoms with van der Waals surface area (Å²) in [6.45, 7) is 3.72. The number of benzene rings is 1. The number of nitrogens with zero attached hydrogens (tertiary/aromatic N) is 2. The molecule has 21 heavy (non-hydrogen) atoms. The van der Waals surface area contributed by atoms with Gasteiger partial charge in [0.05, 0.1) is 17.8 Å². The van der Waals surface area contributed by atoms with E-state index in [2.05, 4.69) is 9.88 Å². The van der Waals surface area contributed by atoms with Crippen LogP contribution in [0, 0.1) is 6.92 Å². The molecular weight excluding hydrogens is 268 g/mol. The maximum absolute atomic E-state index is 11.1. The van der Waals surface area contributed by atoms with E-state index < -0.39 is 5.97 Å². The Morgan fingerprint density at radius 1 is 1.29 bits per heavy atom. The SMILES string of the molecule is Cc1nc(N2CCOc3ccccc3C2)ccc1C(=O)O. The van der Waals surface area contributed by atoms with Gasteiger partial charge in [0.15, 0.2) is 0 Å². The van der Waals surface area contributed by atoms with Crippen LogP contribution in [0.15, 0.2) is 36.4 Å². The number of hydrogen-bond donors (Lipinski definition) is 1. The Bertz CT molecular complexity index is 685. The molecule has 1 aromatic carbocycles. The highest BCUT2D eigenvalue weighted by Crippen LogP contribution is 2.25. The number of aromatic nitrogens is 1. The average molecular weight is 284 g/mol. The van der Waals surface area contributed by atoms with Gasteiger partial charge < -0.3 is 14.7 Å². The van der Waals surface area contributed by atoms with Gasteiger partial charge in [-0.2, -0.15) is 0 Å². The van der Waals surface area contributed by atoms with Crippen LogP contribution in [0.4, 0.5) is 5.82 Å². The second kappa shape index (κ2) is 5.44.